The Morgan fingerprint density at radius 2 is 1.56 bits per heavy atom. The van der Waals surface area contributed by atoms with Crippen molar-refractivity contribution in [2.75, 3.05) is 7.05 Å². The van der Waals surface area contributed by atoms with Crippen LogP contribution in [-0.2, 0) is 4.79 Å². The van der Waals surface area contributed by atoms with E-state index in [4.69, 9.17) is 0 Å². The summed E-state index contributed by atoms with van der Waals surface area (Å²) in [5, 5.41) is 0. The van der Waals surface area contributed by atoms with Gasteiger partial charge in [0.15, 0.2) is 0 Å². The Kier molecular flexibility index (Phi) is 4.02. The monoisotopic (exact) mass is 237 g/mol. The van der Waals surface area contributed by atoms with Gasteiger partial charge in [-0.1, -0.05) is 60.7 Å². The summed E-state index contributed by atoms with van der Waals surface area (Å²) in [6.45, 7) is 0. The van der Waals surface area contributed by atoms with Gasteiger partial charge in [0.1, 0.15) is 6.29 Å². The van der Waals surface area contributed by atoms with Crippen LogP contribution in [0.4, 0.5) is 0 Å². The normalized spacial score (nSPS) is 13.1. The van der Waals surface area contributed by atoms with E-state index in [-0.39, 0.29) is 5.92 Å². The average molecular weight is 237 g/mol. The highest BCUT2D eigenvalue weighted by Crippen LogP contribution is 2.19. The zero-order valence-corrected chi connectivity index (χ0v) is 10.3. The first-order chi connectivity index (χ1) is 8.86. The van der Waals surface area contributed by atoms with Crippen molar-refractivity contribution in [3.63, 3.8) is 0 Å². The van der Waals surface area contributed by atoms with Crippen molar-refractivity contribution >= 4 is 12.0 Å². The molecular weight excluding hydrogens is 222 g/mol. The summed E-state index contributed by atoms with van der Waals surface area (Å²) in [5.74, 6) is -0.307. The Labute approximate surface area is 107 Å². The number of rotatable bonds is 4. The van der Waals surface area contributed by atoms with Crippen LogP contribution < -0.4 is 0 Å². The maximum absolute atomic E-state index is 11.4. The molecule has 0 saturated heterocycles. The lowest BCUT2D eigenvalue weighted by molar-refractivity contribution is -0.107. The maximum atomic E-state index is 11.4. The third-order valence-electron chi connectivity index (χ3n) is 2.90. The molecule has 0 radical (unpaired) electrons. The van der Waals surface area contributed by atoms with Gasteiger partial charge in [0.05, 0.1) is 11.6 Å². The number of carbonyl (C=O) groups excluding carboxylic acids is 1. The van der Waals surface area contributed by atoms with Crippen molar-refractivity contribution in [2.45, 2.75) is 5.92 Å². The molecule has 0 aliphatic heterocycles. The molecule has 2 aromatic carbocycles. The lowest BCUT2D eigenvalue weighted by atomic mass is 9.91. The second-order valence-corrected chi connectivity index (χ2v) is 4.00. The molecule has 0 bridgehead atoms. The van der Waals surface area contributed by atoms with E-state index in [2.05, 4.69) is 4.99 Å². The number of nitrogens with zero attached hydrogens (tertiary/aromatic N) is 1. The highest BCUT2D eigenvalue weighted by molar-refractivity contribution is 6.12. The molecular formula is C16H15NO. The van der Waals surface area contributed by atoms with Gasteiger partial charge in [-0.05, 0) is 11.1 Å². The standard InChI is InChI=1S/C16H15NO/c1-17-16(14-10-6-3-7-11-14)15(12-18)13-8-4-2-5-9-13/h2-12,15H,1H3. The summed E-state index contributed by atoms with van der Waals surface area (Å²) in [6.07, 6.45) is 0.949. The number of carbonyl (C=O) groups is 1. The molecule has 1 atom stereocenters. The van der Waals surface area contributed by atoms with Crippen LogP contribution in [0.1, 0.15) is 17.0 Å². The third-order valence-corrected chi connectivity index (χ3v) is 2.90. The molecule has 0 amide bonds. The van der Waals surface area contributed by atoms with Gasteiger partial charge in [-0.15, -0.1) is 0 Å². The van der Waals surface area contributed by atoms with E-state index in [0.29, 0.717) is 0 Å². The molecule has 1 unspecified atom stereocenters. The number of benzene rings is 2. The van der Waals surface area contributed by atoms with Crippen molar-refractivity contribution in [1.82, 2.24) is 0 Å². The molecule has 0 heterocycles. The molecule has 2 aromatic rings. The van der Waals surface area contributed by atoms with Crippen LogP contribution in [0, 0.1) is 0 Å². The average Bonchev–Trinajstić information content (AvgIpc) is 2.46. The second kappa shape index (κ2) is 5.92. The molecule has 0 aliphatic carbocycles. The van der Waals surface area contributed by atoms with Crippen LogP contribution in [0.3, 0.4) is 0 Å². The second-order valence-electron chi connectivity index (χ2n) is 4.00. The van der Waals surface area contributed by atoms with Crippen molar-refractivity contribution < 1.29 is 4.79 Å². The summed E-state index contributed by atoms with van der Waals surface area (Å²) in [5.41, 5.74) is 2.76. The molecule has 2 heteroatoms. The molecule has 0 spiro atoms. The van der Waals surface area contributed by atoms with Crippen LogP contribution in [0.5, 0.6) is 0 Å². The molecule has 0 aromatic heterocycles. The number of aldehydes is 1. The number of hydrogen-bond acceptors (Lipinski definition) is 2. The minimum atomic E-state index is -0.307. The molecule has 0 N–H and O–H groups in total. The van der Waals surface area contributed by atoms with Gasteiger partial charge in [0.25, 0.3) is 0 Å². The molecule has 0 aliphatic rings. The van der Waals surface area contributed by atoms with Crippen LogP contribution in [0.25, 0.3) is 0 Å². The van der Waals surface area contributed by atoms with Crippen molar-refractivity contribution in [3.05, 3.63) is 71.8 Å². The predicted molar refractivity (Wildman–Crippen MR) is 74.2 cm³/mol. The molecule has 0 saturated carbocycles. The third kappa shape index (κ3) is 2.54. The Hall–Kier alpha value is -2.22. The van der Waals surface area contributed by atoms with Crippen molar-refractivity contribution in [2.24, 2.45) is 4.99 Å². The summed E-state index contributed by atoms with van der Waals surface area (Å²) in [6, 6.07) is 19.5. The summed E-state index contributed by atoms with van der Waals surface area (Å²) < 4.78 is 0. The molecule has 0 fully saturated rings. The lowest BCUT2D eigenvalue weighted by Gasteiger charge is -2.14. The Balaban J connectivity index is 2.41. The van der Waals surface area contributed by atoms with Gasteiger partial charge in [-0.2, -0.15) is 0 Å². The fourth-order valence-corrected chi connectivity index (χ4v) is 2.02. The van der Waals surface area contributed by atoms with Crippen LogP contribution in [0.2, 0.25) is 0 Å². The fourth-order valence-electron chi connectivity index (χ4n) is 2.02. The van der Waals surface area contributed by atoms with Gasteiger partial charge in [-0.3, -0.25) is 4.99 Å². The SMILES string of the molecule is CN=C(c1ccccc1)C(C=O)c1ccccc1. The fraction of sp³-hybridized carbons (Fsp3) is 0.125. The van der Waals surface area contributed by atoms with Crippen LogP contribution >= 0.6 is 0 Å². The number of aliphatic imine (C=N–C) groups is 1. The molecule has 2 nitrogen and oxygen atoms in total. The highest BCUT2D eigenvalue weighted by atomic mass is 16.1. The first kappa shape index (κ1) is 12.2. The zero-order chi connectivity index (χ0) is 12.8. The van der Waals surface area contributed by atoms with E-state index in [9.17, 15) is 4.79 Å². The first-order valence-electron chi connectivity index (χ1n) is 5.89. The van der Waals surface area contributed by atoms with E-state index in [1.165, 1.54) is 0 Å². The highest BCUT2D eigenvalue weighted by Gasteiger charge is 2.18. The number of hydrogen-bond donors (Lipinski definition) is 0. The molecule has 2 rings (SSSR count). The first-order valence-corrected chi connectivity index (χ1v) is 5.89. The Morgan fingerprint density at radius 3 is 2.06 bits per heavy atom. The summed E-state index contributed by atoms with van der Waals surface area (Å²) >= 11 is 0. The van der Waals surface area contributed by atoms with Crippen molar-refractivity contribution in [1.29, 1.82) is 0 Å². The molecule has 90 valence electrons. The van der Waals surface area contributed by atoms with Crippen LogP contribution in [-0.4, -0.2) is 19.0 Å². The van der Waals surface area contributed by atoms with E-state index in [0.717, 1.165) is 23.1 Å². The van der Waals surface area contributed by atoms with E-state index < -0.39 is 0 Å². The van der Waals surface area contributed by atoms with Gasteiger partial charge < -0.3 is 4.79 Å². The van der Waals surface area contributed by atoms with Gasteiger partial charge in [0, 0.05) is 7.05 Å². The van der Waals surface area contributed by atoms with Crippen LogP contribution in [0.15, 0.2) is 65.7 Å². The van der Waals surface area contributed by atoms with Gasteiger partial charge >= 0.3 is 0 Å². The summed E-state index contributed by atoms with van der Waals surface area (Å²) in [7, 11) is 1.72. The van der Waals surface area contributed by atoms with E-state index in [1.807, 2.05) is 60.7 Å². The topological polar surface area (TPSA) is 29.4 Å². The van der Waals surface area contributed by atoms with Gasteiger partial charge in [0.2, 0.25) is 0 Å². The van der Waals surface area contributed by atoms with E-state index in [1.54, 1.807) is 7.05 Å². The maximum Gasteiger partial charge on any atom is 0.133 e. The lowest BCUT2D eigenvalue weighted by Crippen LogP contribution is -2.15. The minimum Gasteiger partial charge on any atom is -0.302 e. The van der Waals surface area contributed by atoms with E-state index >= 15 is 0 Å². The zero-order valence-electron chi connectivity index (χ0n) is 10.3. The largest absolute Gasteiger partial charge is 0.302 e. The van der Waals surface area contributed by atoms with Crippen molar-refractivity contribution in [3.8, 4) is 0 Å². The van der Waals surface area contributed by atoms with Gasteiger partial charge in [-0.25, -0.2) is 0 Å². The molecule has 18 heavy (non-hydrogen) atoms. The Bertz CT molecular complexity index is 532. The predicted octanol–water partition coefficient (Wildman–Crippen LogP) is 3.09. The quantitative estimate of drug-likeness (QED) is 0.593. The summed E-state index contributed by atoms with van der Waals surface area (Å²) in [4.78, 5) is 15.7. The minimum absolute atomic E-state index is 0.307. The smallest absolute Gasteiger partial charge is 0.133 e. The Morgan fingerprint density at radius 1 is 1.00 bits per heavy atom.